The first-order valence-electron chi connectivity index (χ1n) is 11.3. The molecule has 0 N–H and O–H groups in total. The van der Waals surface area contributed by atoms with Crippen LogP contribution in [0.4, 0.5) is 4.39 Å². The summed E-state index contributed by atoms with van der Waals surface area (Å²) in [5.74, 6) is 0.247. The number of aromatic nitrogens is 1. The number of thiazole rings is 1. The molecule has 1 aromatic heterocycles. The van der Waals surface area contributed by atoms with Gasteiger partial charge in [0.25, 0.3) is 5.91 Å². The summed E-state index contributed by atoms with van der Waals surface area (Å²) in [6, 6.07) is 5.97. The van der Waals surface area contributed by atoms with Gasteiger partial charge in [0.1, 0.15) is 22.5 Å². The van der Waals surface area contributed by atoms with Crippen LogP contribution in [0.5, 0.6) is 5.75 Å². The number of benzene rings is 1. The van der Waals surface area contributed by atoms with E-state index in [4.69, 9.17) is 4.74 Å². The summed E-state index contributed by atoms with van der Waals surface area (Å²) in [4.78, 5) is 35.0. The summed E-state index contributed by atoms with van der Waals surface area (Å²) in [6.07, 6.45) is 4.01. The Balaban J connectivity index is 1.49. The van der Waals surface area contributed by atoms with Gasteiger partial charge < -0.3 is 14.5 Å². The molecule has 3 heterocycles. The van der Waals surface area contributed by atoms with Crippen LogP contribution in [0.3, 0.4) is 0 Å². The highest BCUT2D eigenvalue weighted by atomic mass is 32.1. The average molecular weight is 460 g/mol. The molecule has 0 unspecified atom stereocenters. The van der Waals surface area contributed by atoms with E-state index in [0.717, 1.165) is 36.6 Å². The van der Waals surface area contributed by atoms with Crippen molar-refractivity contribution in [3.05, 3.63) is 45.7 Å². The number of hydrogen-bond donors (Lipinski definition) is 0. The number of halogens is 1. The number of carbonyl (C=O) groups is 2. The van der Waals surface area contributed by atoms with E-state index < -0.39 is 0 Å². The number of ether oxygens (including phenoxy) is 1. The van der Waals surface area contributed by atoms with E-state index >= 15 is 0 Å². The van der Waals surface area contributed by atoms with Crippen molar-refractivity contribution in [3.8, 4) is 5.75 Å². The number of nitrogens with zero attached hydrogens (tertiary/aromatic N) is 3. The number of carbonyl (C=O) groups excluding carboxylic acids is 2. The third-order valence-corrected chi connectivity index (χ3v) is 7.36. The fraction of sp³-hybridized carbons (Fsp3) is 0.542. The third kappa shape index (κ3) is 5.28. The fourth-order valence-corrected chi connectivity index (χ4v) is 5.49. The molecule has 0 aliphatic carbocycles. The lowest BCUT2D eigenvalue weighted by molar-refractivity contribution is -0.134. The largest absolute Gasteiger partial charge is 0.490 e. The first-order chi connectivity index (χ1) is 15.4. The molecule has 2 atom stereocenters. The van der Waals surface area contributed by atoms with E-state index in [1.165, 1.54) is 29.9 Å². The molecule has 172 valence electrons. The van der Waals surface area contributed by atoms with Crippen molar-refractivity contribution < 1.29 is 18.7 Å². The predicted molar refractivity (Wildman–Crippen MR) is 121 cm³/mol. The molecule has 1 aromatic carbocycles. The Morgan fingerprint density at radius 2 is 1.81 bits per heavy atom. The molecular formula is C24H30FN3O3S. The minimum atomic E-state index is -0.315. The van der Waals surface area contributed by atoms with Crippen LogP contribution in [0.2, 0.25) is 0 Å². The molecule has 6 nitrogen and oxygen atoms in total. The van der Waals surface area contributed by atoms with Gasteiger partial charge in [0.05, 0.1) is 10.7 Å². The number of piperidine rings is 2. The molecule has 2 fully saturated rings. The molecule has 2 aliphatic rings. The fourth-order valence-electron chi connectivity index (χ4n) is 4.60. The molecule has 2 saturated heterocycles. The summed E-state index contributed by atoms with van der Waals surface area (Å²) in [5.41, 5.74) is 0.753. The second-order valence-electron chi connectivity index (χ2n) is 8.70. The molecule has 8 heteroatoms. The average Bonchev–Trinajstić information content (AvgIpc) is 3.14. The molecule has 4 rings (SSSR count). The van der Waals surface area contributed by atoms with Gasteiger partial charge in [0, 0.05) is 44.9 Å². The number of amides is 2. The lowest BCUT2D eigenvalue weighted by atomic mass is 9.90. The van der Waals surface area contributed by atoms with E-state index in [2.05, 4.69) is 4.98 Å². The van der Waals surface area contributed by atoms with Crippen LogP contribution in [-0.4, -0.2) is 58.9 Å². The second kappa shape index (κ2) is 9.98. The van der Waals surface area contributed by atoms with Crippen LogP contribution < -0.4 is 4.74 Å². The van der Waals surface area contributed by atoms with Gasteiger partial charge in [0.15, 0.2) is 0 Å². The number of likely N-dealkylation sites (tertiary alicyclic amines) is 2. The predicted octanol–water partition coefficient (Wildman–Crippen LogP) is 4.21. The first kappa shape index (κ1) is 22.7. The van der Waals surface area contributed by atoms with Gasteiger partial charge >= 0.3 is 0 Å². The topological polar surface area (TPSA) is 62.7 Å². The summed E-state index contributed by atoms with van der Waals surface area (Å²) < 4.78 is 19.5. The summed E-state index contributed by atoms with van der Waals surface area (Å²) in [6.45, 7) is 6.37. The van der Waals surface area contributed by atoms with Crippen LogP contribution in [0.25, 0.3) is 0 Å². The van der Waals surface area contributed by atoms with Crippen LogP contribution in [0, 0.1) is 25.6 Å². The molecule has 2 aromatic rings. The van der Waals surface area contributed by atoms with Crippen molar-refractivity contribution in [2.75, 3.05) is 26.2 Å². The highest BCUT2D eigenvalue weighted by Gasteiger charge is 2.36. The number of hydrogen-bond acceptors (Lipinski definition) is 5. The molecule has 32 heavy (non-hydrogen) atoms. The van der Waals surface area contributed by atoms with E-state index in [1.807, 2.05) is 23.6 Å². The van der Waals surface area contributed by atoms with Crippen LogP contribution in [0.1, 0.15) is 52.5 Å². The molecular weight excluding hydrogens is 429 g/mol. The van der Waals surface area contributed by atoms with Crippen molar-refractivity contribution >= 4 is 23.2 Å². The normalized spacial score (nSPS) is 21.5. The van der Waals surface area contributed by atoms with Gasteiger partial charge in [-0.15, -0.1) is 11.3 Å². The van der Waals surface area contributed by atoms with Gasteiger partial charge in [0.2, 0.25) is 5.91 Å². The Morgan fingerprint density at radius 1 is 1.09 bits per heavy atom. The van der Waals surface area contributed by atoms with Crippen molar-refractivity contribution in [2.45, 2.75) is 52.1 Å². The molecule has 2 aliphatic heterocycles. The maximum Gasteiger partial charge on any atom is 0.265 e. The molecule has 0 bridgehead atoms. The Morgan fingerprint density at radius 3 is 2.47 bits per heavy atom. The maximum atomic E-state index is 13.3. The van der Waals surface area contributed by atoms with Crippen LogP contribution >= 0.6 is 11.3 Å². The van der Waals surface area contributed by atoms with Gasteiger partial charge in [-0.3, -0.25) is 9.59 Å². The molecule has 0 radical (unpaired) electrons. The smallest absolute Gasteiger partial charge is 0.265 e. The van der Waals surface area contributed by atoms with E-state index in [1.54, 1.807) is 12.1 Å². The molecule has 2 amide bonds. The Labute approximate surface area is 192 Å². The maximum absolute atomic E-state index is 13.3. The van der Waals surface area contributed by atoms with Crippen molar-refractivity contribution in [2.24, 2.45) is 5.92 Å². The molecule has 0 spiro atoms. The third-order valence-electron chi connectivity index (χ3n) is 6.30. The summed E-state index contributed by atoms with van der Waals surface area (Å²) in [7, 11) is 0. The highest BCUT2D eigenvalue weighted by molar-refractivity contribution is 7.13. The van der Waals surface area contributed by atoms with E-state index in [0.29, 0.717) is 36.6 Å². The quantitative estimate of drug-likeness (QED) is 0.672. The highest BCUT2D eigenvalue weighted by Crippen LogP contribution is 2.29. The summed E-state index contributed by atoms with van der Waals surface area (Å²) >= 11 is 1.41. The van der Waals surface area contributed by atoms with E-state index in [-0.39, 0.29) is 29.7 Å². The van der Waals surface area contributed by atoms with Gasteiger partial charge in [-0.25, -0.2) is 9.37 Å². The lowest BCUT2D eigenvalue weighted by Gasteiger charge is -2.39. The van der Waals surface area contributed by atoms with Crippen molar-refractivity contribution in [1.82, 2.24) is 14.8 Å². The zero-order chi connectivity index (χ0) is 22.7. The SMILES string of the molecule is Cc1nc(C)c(C(=O)N2CC[C@H](Oc3ccc(F)cc3)[C@@H](CC(=O)N3CCCCC3)C2)s1. The zero-order valence-electron chi connectivity index (χ0n) is 18.7. The van der Waals surface area contributed by atoms with Gasteiger partial charge in [-0.2, -0.15) is 0 Å². The first-order valence-corrected chi connectivity index (χ1v) is 12.2. The monoisotopic (exact) mass is 459 g/mol. The zero-order valence-corrected chi connectivity index (χ0v) is 19.5. The Kier molecular flexibility index (Phi) is 7.08. The Hall–Kier alpha value is -2.48. The standard InChI is InChI=1S/C24H30FN3O3S/c1-16-23(32-17(2)26-16)24(30)28-13-10-21(31-20-8-6-19(25)7-9-20)18(15-28)14-22(29)27-11-4-3-5-12-27/h6-9,18,21H,3-5,10-15H2,1-2H3/t18-,21-/m0/s1. The number of rotatable bonds is 5. The number of aryl methyl sites for hydroxylation is 2. The second-order valence-corrected chi connectivity index (χ2v) is 9.91. The van der Waals surface area contributed by atoms with Crippen molar-refractivity contribution in [3.63, 3.8) is 0 Å². The van der Waals surface area contributed by atoms with Crippen molar-refractivity contribution in [1.29, 1.82) is 0 Å². The van der Waals surface area contributed by atoms with Gasteiger partial charge in [-0.05, 0) is 57.4 Å². The summed E-state index contributed by atoms with van der Waals surface area (Å²) in [5, 5.41) is 0.872. The van der Waals surface area contributed by atoms with Crippen LogP contribution in [-0.2, 0) is 4.79 Å². The van der Waals surface area contributed by atoms with E-state index in [9.17, 15) is 14.0 Å². The Bertz CT molecular complexity index is 956. The minimum Gasteiger partial charge on any atom is -0.490 e. The lowest BCUT2D eigenvalue weighted by Crippen LogP contribution is -2.49. The van der Waals surface area contributed by atoms with Gasteiger partial charge in [-0.1, -0.05) is 0 Å². The van der Waals surface area contributed by atoms with Crippen LogP contribution in [0.15, 0.2) is 24.3 Å². The minimum absolute atomic E-state index is 0.0243. The molecule has 0 saturated carbocycles.